The van der Waals surface area contributed by atoms with Gasteiger partial charge in [-0.3, -0.25) is 0 Å². The Labute approximate surface area is 131 Å². The highest BCUT2D eigenvalue weighted by Gasteiger charge is 2.38. The van der Waals surface area contributed by atoms with Crippen LogP contribution >= 0.6 is 0 Å². The summed E-state index contributed by atoms with van der Waals surface area (Å²) >= 11 is 0. The van der Waals surface area contributed by atoms with E-state index in [-0.39, 0.29) is 16.7 Å². The number of nitrogens with zero attached hydrogens (tertiary/aromatic N) is 3. The van der Waals surface area contributed by atoms with Crippen molar-refractivity contribution in [3.63, 3.8) is 0 Å². The highest BCUT2D eigenvalue weighted by atomic mass is 19.4. The molecule has 0 saturated carbocycles. The number of hydrogen-bond acceptors (Lipinski definition) is 4. The Kier molecular flexibility index (Phi) is 3.63. The van der Waals surface area contributed by atoms with E-state index in [4.69, 9.17) is 5.11 Å². The first kappa shape index (κ1) is 15.8. The van der Waals surface area contributed by atoms with Crippen LogP contribution in [0.15, 0.2) is 36.5 Å². The number of carboxylic acid groups (broad SMARTS) is 1. The molecule has 0 bridgehead atoms. The van der Waals surface area contributed by atoms with E-state index in [1.165, 1.54) is 24.4 Å². The monoisotopic (exact) mass is 337 g/mol. The molecule has 0 aliphatic carbocycles. The second-order valence-corrected chi connectivity index (χ2v) is 4.80. The van der Waals surface area contributed by atoms with Gasteiger partial charge >= 0.3 is 12.1 Å². The van der Waals surface area contributed by atoms with Gasteiger partial charge < -0.3 is 5.11 Å². The van der Waals surface area contributed by atoms with Crippen LogP contribution in [0.4, 0.5) is 17.6 Å². The van der Waals surface area contributed by atoms with Crippen molar-refractivity contribution in [1.29, 1.82) is 0 Å². The minimum atomic E-state index is -4.93. The molecule has 0 unspecified atom stereocenters. The minimum absolute atomic E-state index is 0.138. The van der Waals surface area contributed by atoms with Gasteiger partial charge in [0, 0.05) is 17.1 Å². The second kappa shape index (κ2) is 5.52. The normalized spacial score (nSPS) is 11.7. The topological polar surface area (TPSA) is 76.0 Å². The number of fused-ring (bicyclic) bond motifs is 1. The number of carboxylic acids is 1. The standard InChI is InChI=1S/C15H7F4N3O2/c16-11-4-2-8(6-20-11)10-3-1-7-5-9(14(23)24)12(15(17,18)19)22-13(7)21-10/h1-6H,(H,23,24). The number of alkyl halides is 3. The largest absolute Gasteiger partial charge is 0.478 e. The van der Waals surface area contributed by atoms with E-state index in [2.05, 4.69) is 15.0 Å². The van der Waals surface area contributed by atoms with E-state index >= 15 is 0 Å². The third-order valence-corrected chi connectivity index (χ3v) is 3.20. The SMILES string of the molecule is O=C(O)c1cc2ccc(-c3ccc(F)nc3)nc2nc1C(F)(F)F. The van der Waals surface area contributed by atoms with Gasteiger partial charge in [-0.2, -0.15) is 17.6 Å². The van der Waals surface area contributed by atoms with Crippen molar-refractivity contribution < 1.29 is 27.5 Å². The van der Waals surface area contributed by atoms with E-state index in [9.17, 15) is 22.4 Å². The van der Waals surface area contributed by atoms with Crippen molar-refractivity contribution in [1.82, 2.24) is 15.0 Å². The third-order valence-electron chi connectivity index (χ3n) is 3.20. The smallest absolute Gasteiger partial charge is 0.434 e. The van der Waals surface area contributed by atoms with Crippen molar-refractivity contribution in [3.8, 4) is 11.3 Å². The second-order valence-electron chi connectivity index (χ2n) is 4.80. The molecule has 0 aromatic carbocycles. The summed E-state index contributed by atoms with van der Waals surface area (Å²) in [4.78, 5) is 21.8. The molecule has 122 valence electrons. The first-order valence-corrected chi connectivity index (χ1v) is 6.50. The van der Waals surface area contributed by atoms with Crippen molar-refractivity contribution in [2.45, 2.75) is 6.18 Å². The van der Waals surface area contributed by atoms with E-state index in [0.29, 0.717) is 5.56 Å². The molecule has 0 aliphatic heterocycles. The van der Waals surface area contributed by atoms with Crippen LogP contribution < -0.4 is 0 Å². The predicted octanol–water partition coefficient (Wildman–Crippen LogP) is 3.55. The molecule has 0 spiro atoms. The number of halogens is 4. The van der Waals surface area contributed by atoms with Crippen LogP contribution in [0.5, 0.6) is 0 Å². The fraction of sp³-hybridized carbons (Fsp3) is 0.0667. The maximum absolute atomic E-state index is 13.0. The fourth-order valence-corrected chi connectivity index (χ4v) is 2.12. The molecular formula is C15H7F4N3O2. The van der Waals surface area contributed by atoms with E-state index in [1.807, 2.05) is 0 Å². The maximum Gasteiger partial charge on any atom is 0.434 e. The molecule has 0 radical (unpaired) electrons. The summed E-state index contributed by atoms with van der Waals surface area (Å²) in [6.45, 7) is 0. The average molecular weight is 337 g/mol. The van der Waals surface area contributed by atoms with Gasteiger partial charge in [0.1, 0.15) is 0 Å². The lowest BCUT2D eigenvalue weighted by molar-refractivity contribution is -0.141. The van der Waals surface area contributed by atoms with Gasteiger partial charge in [0.15, 0.2) is 11.3 Å². The lowest BCUT2D eigenvalue weighted by Gasteiger charge is -2.11. The van der Waals surface area contributed by atoms with Gasteiger partial charge in [-0.1, -0.05) is 0 Å². The van der Waals surface area contributed by atoms with Crippen LogP contribution in [0.1, 0.15) is 16.1 Å². The lowest BCUT2D eigenvalue weighted by atomic mass is 10.1. The van der Waals surface area contributed by atoms with E-state index < -0.39 is 29.4 Å². The number of pyridine rings is 3. The molecule has 5 nitrogen and oxygen atoms in total. The molecule has 0 amide bonds. The Hall–Kier alpha value is -3.10. The predicted molar refractivity (Wildman–Crippen MR) is 74.7 cm³/mol. The zero-order chi connectivity index (χ0) is 17.5. The molecular weight excluding hydrogens is 330 g/mol. The number of aromatic nitrogens is 3. The summed E-state index contributed by atoms with van der Waals surface area (Å²) in [6, 6.07) is 6.17. The van der Waals surface area contributed by atoms with Gasteiger partial charge in [-0.15, -0.1) is 0 Å². The summed E-state index contributed by atoms with van der Waals surface area (Å²) < 4.78 is 51.8. The van der Waals surface area contributed by atoms with Crippen LogP contribution in [0.25, 0.3) is 22.3 Å². The molecule has 24 heavy (non-hydrogen) atoms. The van der Waals surface area contributed by atoms with Crippen LogP contribution in [0.2, 0.25) is 0 Å². The maximum atomic E-state index is 13.0. The molecule has 3 rings (SSSR count). The number of rotatable bonds is 2. The summed E-state index contributed by atoms with van der Waals surface area (Å²) in [5, 5.41) is 9.08. The third kappa shape index (κ3) is 2.87. The highest BCUT2D eigenvalue weighted by Crippen LogP contribution is 2.32. The Bertz CT molecular complexity index is 940. The van der Waals surface area contributed by atoms with Gasteiger partial charge in [-0.05, 0) is 30.3 Å². The van der Waals surface area contributed by atoms with Crippen molar-refractivity contribution in [2.75, 3.05) is 0 Å². The first-order chi connectivity index (χ1) is 11.3. The summed E-state index contributed by atoms with van der Waals surface area (Å²) in [5.41, 5.74) is -2.12. The lowest BCUT2D eigenvalue weighted by Crippen LogP contribution is -2.15. The van der Waals surface area contributed by atoms with Gasteiger partial charge in [0.2, 0.25) is 5.95 Å². The number of hydrogen-bond donors (Lipinski definition) is 1. The molecule has 0 saturated heterocycles. The molecule has 9 heteroatoms. The van der Waals surface area contributed by atoms with Crippen LogP contribution in [0, 0.1) is 5.95 Å². The Morgan fingerprint density at radius 3 is 2.42 bits per heavy atom. The van der Waals surface area contributed by atoms with Crippen molar-refractivity contribution >= 4 is 17.0 Å². The highest BCUT2D eigenvalue weighted by molar-refractivity contribution is 5.93. The molecule has 0 fully saturated rings. The van der Waals surface area contributed by atoms with Crippen molar-refractivity contribution in [3.05, 3.63) is 53.7 Å². The van der Waals surface area contributed by atoms with E-state index in [1.54, 1.807) is 0 Å². The van der Waals surface area contributed by atoms with Crippen LogP contribution in [0.3, 0.4) is 0 Å². The van der Waals surface area contributed by atoms with Gasteiger partial charge in [0.05, 0.1) is 11.3 Å². The van der Waals surface area contributed by atoms with Crippen LogP contribution in [-0.2, 0) is 6.18 Å². The minimum Gasteiger partial charge on any atom is -0.478 e. The Morgan fingerprint density at radius 2 is 1.83 bits per heavy atom. The molecule has 0 atom stereocenters. The Balaban J connectivity index is 2.21. The zero-order valence-electron chi connectivity index (χ0n) is 11.7. The number of aromatic carboxylic acids is 1. The zero-order valence-corrected chi connectivity index (χ0v) is 11.7. The summed E-state index contributed by atoms with van der Waals surface area (Å²) in [7, 11) is 0. The van der Waals surface area contributed by atoms with E-state index in [0.717, 1.165) is 12.1 Å². The number of carbonyl (C=O) groups is 1. The average Bonchev–Trinajstić information content (AvgIpc) is 2.53. The molecule has 3 aromatic heterocycles. The van der Waals surface area contributed by atoms with Crippen molar-refractivity contribution in [2.24, 2.45) is 0 Å². The molecule has 0 aliphatic rings. The fourth-order valence-electron chi connectivity index (χ4n) is 2.12. The van der Waals surface area contributed by atoms with Gasteiger partial charge in [0.25, 0.3) is 0 Å². The summed E-state index contributed by atoms with van der Waals surface area (Å²) in [5.74, 6) is -2.44. The quantitative estimate of drug-likeness (QED) is 0.572. The van der Waals surface area contributed by atoms with Gasteiger partial charge in [-0.25, -0.2) is 19.7 Å². The Morgan fingerprint density at radius 1 is 1.08 bits per heavy atom. The van der Waals surface area contributed by atoms with Crippen LogP contribution in [-0.4, -0.2) is 26.0 Å². The molecule has 3 aromatic rings. The first-order valence-electron chi connectivity index (χ1n) is 6.50. The summed E-state index contributed by atoms with van der Waals surface area (Å²) in [6.07, 6.45) is -3.75. The molecule has 1 N–H and O–H groups in total. The molecule has 3 heterocycles.